The van der Waals surface area contributed by atoms with Gasteiger partial charge >= 0.3 is 0 Å². The molecule has 11 heteroatoms. The molecule has 0 bridgehead atoms. The van der Waals surface area contributed by atoms with Gasteiger partial charge in [-0.1, -0.05) is 5.16 Å². The van der Waals surface area contributed by atoms with Crippen molar-refractivity contribution in [2.24, 2.45) is 0 Å². The zero-order valence-electron chi connectivity index (χ0n) is 19.3. The average molecular weight is 474 g/mol. The summed E-state index contributed by atoms with van der Waals surface area (Å²) in [5, 5.41) is 8.75. The molecule has 0 unspecified atom stereocenters. The number of hydrogen-bond acceptors (Lipinski definition) is 9. The third kappa shape index (κ3) is 4.19. The lowest BCUT2D eigenvalue weighted by Crippen LogP contribution is -2.21. The molecule has 178 valence electrons. The number of benzene rings is 2. The summed E-state index contributed by atoms with van der Waals surface area (Å²) in [6.07, 6.45) is 2.94. The molecule has 3 heterocycles. The molecule has 0 aliphatic carbocycles. The maximum atomic E-state index is 13.1. The van der Waals surface area contributed by atoms with Crippen LogP contribution < -0.4 is 19.8 Å². The highest BCUT2D eigenvalue weighted by Crippen LogP contribution is 2.31. The van der Waals surface area contributed by atoms with Crippen molar-refractivity contribution < 1.29 is 18.7 Å². The summed E-state index contributed by atoms with van der Waals surface area (Å²) in [6.45, 7) is 2.49. The SMILES string of the molecule is CCOc1ccc(-c2noc(Cn3cnc4c(cnn4-c4ccc(OC)cc4)c3=O)n2)cc1OC. The first-order chi connectivity index (χ1) is 17.1. The maximum absolute atomic E-state index is 13.1. The fourth-order valence-electron chi connectivity index (χ4n) is 3.64. The van der Waals surface area contributed by atoms with Gasteiger partial charge in [0.1, 0.15) is 24.0 Å². The highest BCUT2D eigenvalue weighted by Gasteiger charge is 2.16. The summed E-state index contributed by atoms with van der Waals surface area (Å²) >= 11 is 0. The van der Waals surface area contributed by atoms with Crippen LogP contribution in [0.3, 0.4) is 0 Å². The second-order valence-electron chi connectivity index (χ2n) is 7.48. The molecule has 0 aliphatic rings. The zero-order chi connectivity index (χ0) is 24.4. The van der Waals surface area contributed by atoms with Gasteiger partial charge in [-0.25, -0.2) is 9.67 Å². The van der Waals surface area contributed by atoms with E-state index >= 15 is 0 Å². The van der Waals surface area contributed by atoms with Gasteiger partial charge in [0.15, 0.2) is 17.1 Å². The molecule has 0 N–H and O–H groups in total. The van der Waals surface area contributed by atoms with Crippen LogP contribution in [-0.4, -0.2) is 50.3 Å². The molecule has 0 fully saturated rings. The molecule has 0 atom stereocenters. The van der Waals surface area contributed by atoms with Crippen molar-refractivity contribution in [3.63, 3.8) is 0 Å². The molecule has 0 aliphatic heterocycles. The average Bonchev–Trinajstić information content (AvgIpc) is 3.54. The second kappa shape index (κ2) is 9.29. The minimum absolute atomic E-state index is 0.0661. The first kappa shape index (κ1) is 22.1. The summed E-state index contributed by atoms with van der Waals surface area (Å²) in [4.78, 5) is 21.9. The predicted molar refractivity (Wildman–Crippen MR) is 126 cm³/mol. The summed E-state index contributed by atoms with van der Waals surface area (Å²) in [7, 11) is 3.17. The smallest absolute Gasteiger partial charge is 0.264 e. The number of aromatic nitrogens is 6. The number of fused-ring (bicyclic) bond motifs is 1. The van der Waals surface area contributed by atoms with E-state index in [2.05, 4.69) is 20.2 Å². The Kier molecular flexibility index (Phi) is 5.88. The Morgan fingerprint density at radius 3 is 2.60 bits per heavy atom. The van der Waals surface area contributed by atoms with Crippen LogP contribution in [0.25, 0.3) is 28.1 Å². The number of rotatable bonds is 8. The van der Waals surface area contributed by atoms with Gasteiger partial charge in [0.25, 0.3) is 5.56 Å². The Bertz CT molecular complexity index is 1540. The van der Waals surface area contributed by atoms with Gasteiger partial charge < -0.3 is 18.7 Å². The number of methoxy groups -OCH3 is 2. The third-order valence-electron chi connectivity index (χ3n) is 5.37. The first-order valence-corrected chi connectivity index (χ1v) is 10.8. The summed E-state index contributed by atoms with van der Waals surface area (Å²) in [5.41, 5.74) is 1.64. The maximum Gasteiger partial charge on any atom is 0.264 e. The van der Waals surface area contributed by atoms with E-state index in [-0.39, 0.29) is 18.0 Å². The summed E-state index contributed by atoms with van der Waals surface area (Å²) in [6, 6.07) is 12.7. The van der Waals surface area contributed by atoms with Crippen LogP contribution in [0.4, 0.5) is 0 Å². The lowest BCUT2D eigenvalue weighted by atomic mass is 10.2. The van der Waals surface area contributed by atoms with Crippen LogP contribution >= 0.6 is 0 Å². The van der Waals surface area contributed by atoms with Gasteiger partial charge in [0, 0.05) is 5.56 Å². The van der Waals surface area contributed by atoms with E-state index in [9.17, 15) is 4.79 Å². The van der Waals surface area contributed by atoms with E-state index in [0.717, 1.165) is 11.4 Å². The van der Waals surface area contributed by atoms with E-state index in [1.54, 1.807) is 31.0 Å². The Morgan fingerprint density at radius 1 is 1.03 bits per heavy atom. The van der Waals surface area contributed by atoms with Gasteiger partial charge in [0.05, 0.1) is 32.7 Å². The molecular formula is C24H22N6O5. The molecule has 5 aromatic rings. The van der Waals surface area contributed by atoms with Crippen molar-refractivity contribution in [3.8, 4) is 34.3 Å². The Balaban J connectivity index is 1.41. The topological polar surface area (TPSA) is 119 Å². The van der Waals surface area contributed by atoms with Crippen molar-refractivity contribution >= 4 is 11.0 Å². The highest BCUT2D eigenvalue weighted by atomic mass is 16.5. The first-order valence-electron chi connectivity index (χ1n) is 10.8. The highest BCUT2D eigenvalue weighted by molar-refractivity contribution is 5.75. The van der Waals surface area contributed by atoms with Gasteiger partial charge in [0.2, 0.25) is 11.7 Å². The molecule has 2 aromatic carbocycles. The van der Waals surface area contributed by atoms with Crippen molar-refractivity contribution in [1.29, 1.82) is 0 Å². The largest absolute Gasteiger partial charge is 0.497 e. The lowest BCUT2D eigenvalue weighted by molar-refractivity contribution is 0.311. The van der Waals surface area contributed by atoms with Crippen LogP contribution in [0.5, 0.6) is 17.2 Å². The molecule has 3 aromatic heterocycles. The van der Waals surface area contributed by atoms with Crippen LogP contribution in [0.2, 0.25) is 0 Å². The molecule has 11 nitrogen and oxygen atoms in total. The monoisotopic (exact) mass is 474 g/mol. The van der Waals surface area contributed by atoms with E-state index in [0.29, 0.717) is 40.5 Å². The Hall–Kier alpha value is -4.67. The molecule has 0 saturated heterocycles. The second-order valence-corrected chi connectivity index (χ2v) is 7.48. The molecule has 5 rings (SSSR count). The number of hydrogen-bond donors (Lipinski definition) is 0. The van der Waals surface area contributed by atoms with E-state index < -0.39 is 0 Å². The molecule has 0 amide bonds. The van der Waals surface area contributed by atoms with E-state index in [1.165, 1.54) is 17.1 Å². The predicted octanol–water partition coefficient (Wildman–Crippen LogP) is 3.10. The van der Waals surface area contributed by atoms with Crippen molar-refractivity contribution in [3.05, 3.63) is 71.2 Å². The minimum atomic E-state index is -0.266. The van der Waals surface area contributed by atoms with Gasteiger partial charge in [-0.15, -0.1) is 0 Å². The third-order valence-corrected chi connectivity index (χ3v) is 5.37. The molecule has 0 saturated carbocycles. The van der Waals surface area contributed by atoms with Crippen molar-refractivity contribution in [1.82, 2.24) is 29.5 Å². The lowest BCUT2D eigenvalue weighted by Gasteiger charge is -2.09. The fourth-order valence-corrected chi connectivity index (χ4v) is 3.64. The molecular weight excluding hydrogens is 452 g/mol. The standard InChI is InChI=1S/C24H22N6O5/c1-4-34-19-10-5-15(11-20(19)33-3)22-27-21(35-28-22)13-29-14-25-23-18(24(29)31)12-26-30(23)16-6-8-17(32-2)9-7-16/h5-12,14H,4,13H2,1-3H3. The normalized spacial score (nSPS) is 11.1. The Morgan fingerprint density at radius 2 is 1.86 bits per heavy atom. The number of ether oxygens (including phenoxy) is 3. The molecule has 0 spiro atoms. The van der Waals surface area contributed by atoms with Crippen LogP contribution in [0.1, 0.15) is 12.8 Å². The van der Waals surface area contributed by atoms with Gasteiger partial charge in [-0.05, 0) is 49.4 Å². The number of nitrogens with zero attached hydrogens (tertiary/aromatic N) is 6. The minimum Gasteiger partial charge on any atom is -0.497 e. The summed E-state index contributed by atoms with van der Waals surface area (Å²) in [5.74, 6) is 2.55. The van der Waals surface area contributed by atoms with Crippen LogP contribution in [0, 0.1) is 0 Å². The van der Waals surface area contributed by atoms with Crippen LogP contribution in [-0.2, 0) is 6.54 Å². The fraction of sp³-hybridized carbons (Fsp3) is 0.208. The molecule has 0 radical (unpaired) electrons. The zero-order valence-corrected chi connectivity index (χ0v) is 19.3. The van der Waals surface area contributed by atoms with Crippen molar-refractivity contribution in [2.45, 2.75) is 13.5 Å². The van der Waals surface area contributed by atoms with Crippen LogP contribution in [0.15, 0.2) is 64.3 Å². The van der Waals surface area contributed by atoms with Gasteiger partial charge in [-0.3, -0.25) is 9.36 Å². The Labute approximate surface area is 199 Å². The van der Waals surface area contributed by atoms with Gasteiger partial charge in [-0.2, -0.15) is 10.1 Å². The van der Waals surface area contributed by atoms with Crippen molar-refractivity contribution in [2.75, 3.05) is 20.8 Å². The quantitative estimate of drug-likeness (QED) is 0.334. The van der Waals surface area contributed by atoms with E-state index in [1.807, 2.05) is 37.3 Å². The summed E-state index contributed by atoms with van der Waals surface area (Å²) < 4.78 is 24.5. The van der Waals surface area contributed by atoms with E-state index in [4.69, 9.17) is 18.7 Å². The molecule has 35 heavy (non-hydrogen) atoms.